The van der Waals surface area contributed by atoms with Crippen LogP contribution in [0.15, 0.2) is 123 Å². The Morgan fingerprint density at radius 2 is 0.362 bits per heavy atom. The Labute approximate surface area is 814 Å². The predicted octanol–water partition coefficient (Wildman–Crippen LogP) is 36.6. The Bertz CT molecular complexity index is 2790. The maximum Gasteiger partial charge on any atom is 0.0981 e. The molecular weight excluding hydrogens is 1590 g/mol. The largest absolute Gasteiger partial charge is 0.498 e. The van der Waals surface area contributed by atoms with Gasteiger partial charge in [-0.15, -0.1) is 0 Å². The van der Waals surface area contributed by atoms with Crippen molar-refractivity contribution in [1.82, 2.24) is 16.0 Å². The molecule has 3 N–H and O–H groups in total. The van der Waals surface area contributed by atoms with E-state index in [1.165, 1.54) is 197 Å². The molecule has 8 nitrogen and oxygen atoms in total. The molecule has 0 aromatic carbocycles. The zero-order valence-electron chi connectivity index (χ0n) is 94.6. The Hall–Kier alpha value is -3.98. The monoisotopic (exact) mass is 1810 g/mol. The molecule has 8 heterocycles. The summed E-state index contributed by atoms with van der Waals surface area (Å²) in [5.74, 6) is 17.8. The van der Waals surface area contributed by atoms with Gasteiger partial charge in [0, 0.05) is 55.0 Å². The standard InChI is InChI=1S/C12H23N.2C12H22.C11H21N.3C11H20O.C11H20.C10H19N.2C10H18O.CH4/c1-9(2)11-7-5-6-8-13-12(11)10(3)4;2*1-9(2)11-7-5-6-8-12(11)10(3)4;1-8(2)10-6-5-7-12-11(10)9(3)4;2*1-8(2)10-5-6-12-7-11(10)9(3)4;1-8(2)10-6-5-7-12-11(10)9(3)4;1-8(2)10-6-5-7-11(10)9(3)4;1-7(2)9-5-6-11-10(9)8(3)4;1-7(2)9-5-11-6-10(9)8(3)4;1-7(2)9-5-6-11-10(9)8(3)4;/h9-10,13H,5-8H2,1-4H3;2*9-10H,5-8H2,1-4H3;8-9,12H,5-7H2,1-4H3;3*8-9H,5-7H2,1-4H3;8-9H,5-7H2,1-4H3;7-8,11H,5-6H2,1-4H3;2*7-8H,5-6H2,1-4H3;1H4. The van der Waals surface area contributed by atoms with Gasteiger partial charge in [-0.2, -0.15) is 0 Å². The van der Waals surface area contributed by atoms with E-state index in [1.54, 1.807) is 61.3 Å². The lowest BCUT2D eigenvalue weighted by Crippen LogP contribution is -2.26. The molecule has 3 aliphatic carbocycles. The second kappa shape index (κ2) is 67.3. The molecule has 0 aromatic heterocycles. The summed E-state index contributed by atoms with van der Waals surface area (Å²) in [7, 11) is 0. The molecule has 0 atom stereocenters. The molecule has 760 valence electrons. The van der Waals surface area contributed by atoms with Crippen molar-refractivity contribution in [3.05, 3.63) is 123 Å². The normalized spacial score (nSPS) is 18.9. The molecule has 130 heavy (non-hydrogen) atoms. The van der Waals surface area contributed by atoms with E-state index >= 15 is 0 Å². The number of nitrogens with one attached hydrogen (secondary N) is 3. The highest BCUT2D eigenvalue weighted by atomic mass is 16.5. The smallest absolute Gasteiger partial charge is 0.0981 e. The van der Waals surface area contributed by atoms with Crippen LogP contribution in [0.25, 0.3) is 0 Å². The number of rotatable bonds is 22. The van der Waals surface area contributed by atoms with Gasteiger partial charge in [-0.25, -0.2) is 0 Å². The lowest BCUT2D eigenvalue weighted by Gasteiger charge is -2.27. The van der Waals surface area contributed by atoms with Gasteiger partial charge in [-0.3, -0.25) is 0 Å². The highest BCUT2D eigenvalue weighted by Crippen LogP contribution is 2.40. The van der Waals surface area contributed by atoms with Crippen molar-refractivity contribution in [3.8, 4) is 0 Å². The second-order valence-electron chi connectivity index (χ2n) is 46.3. The van der Waals surface area contributed by atoms with Gasteiger partial charge in [0.2, 0.25) is 0 Å². The van der Waals surface area contributed by atoms with E-state index in [1.807, 2.05) is 0 Å². The quantitative estimate of drug-likeness (QED) is 0.0925. The SMILES string of the molecule is C.CC(C)C1=C(C(C)C)CCC1.CC(C)C1=C(C(C)C)CCCC1.CC(C)C1=C(C(C)C)CCCC1.CC(C)C1=C(C(C)C)COC1.CC(C)C1=C(C(C)C)COCC1.CC(C)C1=C(C(C)C)COCC1.CC(C)C1=C(C(C)C)NCC1.CC(C)C1=C(C(C)C)NCCC1.CC(C)C1=C(C(C)C)NCCCC1.CC(C)C1=C(C(C)C)OCC1.CC(C)C1=C(C(C)C)OCCC1. The van der Waals surface area contributed by atoms with Gasteiger partial charge in [0.05, 0.1) is 64.4 Å². The highest BCUT2D eigenvalue weighted by molar-refractivity contribution is 5.28. The molecule has 0 aromatic rings. The minimum absolute atomic E-state index is 0. The van der Waals surface area contributed by atoms with Crippen molar-refractivity contribution >= 4 is 0 Å². The van der Waals surface area contributed by atoms with Crippen LogP contribution >= 0.6 is 0 Å². The molecular formula is C122H227N3O5. The summed E-state index contributed by atoms with van der Waals surface area (Å²) in [5, 5.41) is 10.6. The molecule has 0 fully saturated rings. The third-order valence-corrected chi connectivity index (χ3v) is 28.3. The number of hydrogen-bond donors (Lipinski definition) is 3. The van der Waals surface area contributed by atoms with E-state index in [9.17, 15) is 0 Å². The Kier molecular flexibility index (Phi) is 65.3. The van der Waals surface area contributed by atoms with E-state index in [4.69, 9.17) is 23.7 Å². The van der Waals surface area contributed by atoms with Gasteiger partial charge in [-0.1, -0.05) is 357 Å². The summed E-state index contributed by atoms with van der Waals surface area (Å²) < 4.78 is 27.6. The summed E-state index contributed by atoms with van der Waals surface area (Å²) in [6, 6.07) is 0. The van der Waals surface area contributed by atoms with E-state index in [2.05, 4.69) is 321 Å². The van der Waals surface area contributed by atoms with E-state index < -0.39 is 0 Å². The molecule has 8 aliphatic heterocycles. The van der Waals surface area contributed by atoms with E-state index in [0.29, 0.717) is 82.9 Å². The Morgan fingerprint density at radius 3 is 0.631 bits per heavy atom. The van der Waals surface area contributed by atoms with Crippen LogP contribution in [0.2, 0.25) is 0 Å². The first kappa shape index (κ1) is 126. The van der Waals surface area contributed by atoms with Crippen molar-refractivity contribution in [2.75, 3.05) is 72.5 Å². The summed E-state index contributed by atoms with van der Waals surface area (Å²) in [5.41, 5.74) is 32.5. The minimum atomic E-state index is 0. The Balaban J connectivity index is 0.00000141. The first-order chi connectivity index (χ1) is 60.4. The molecule has 0 radical (unpaired) electrons. The first-order valence-corrected chi connectivity index (χ1v) is 54.5. The van der Waals surface area contributed by atoms with Crippen molar-refractivity contribution < 1.29 is 23.7 Å². The summed E-state index contributed by atoms with van der Waals surface area (Å²) in [6.45, 7) is 111. The number of ether oxygens (including phenoxy) is 5. The summed E-state index contributed by atoms with van der Waals surface area (Å²) in [4.78, 5) is 0. The van der Waals surface area contributed by atoms with Gasteiger partial charge in [-0.05, 0) is 303 Å². The van der Waals surface area contributed by atoms with Crippen LogP contribution in [0.4, 0.5) is 0 Å². The van der Waals surface area contributed by atoms with Crippen molar-refractivity contribution in [2.24, 2.45) is 130 Å². The zero-order chi connectivity index (χ0) is 98.4. The van der Waals surface area contributed by atoms with Crippen molar-refractivity contribution in [3.63, 3.8) is 0 Å². The maximum atomic E-state index is 5.69. The highest BCUT2D eigenvalue weighted by Gasteiger charge is 2.28. The van der Waals surface area contributed by atoms with Crippen LogP contribution in [-0.2, 0) is 23.7 Å². The average molecular weight is 1820 g/mol. The van der Waals surface area contributed by atoms with E-state index in [-0.39, 0.29) is 7.43 Å². The number of allylic oxidation sites excluding steroid dienone is 14. The van der Waals surface area contributed by atoms with Crippen LogP contribution in [0.3, 0.4) is 0 Å². The second-order valence-corrected chi connectivity index (χ2v) is 46.3. The van der Waals surface area contributed by atoms with Crippen LogP contribution in [-0.4, -0.2) is 72.5 Å². The van der Waals surface area contributed by atoms with E-state index in [0.717, 1.165) is 126 Å². The van der Waals surface area contributed by atoms with Crippen LogP contribution < -0.4 is 16.0 Å². The molecule has 0 saturated carbocycles. The first-order valence-electron chi connectivity index (χ1n) is 54.5. The fourth-order valence-corrected chi connectivity index (χ4v) is 20.9. The lowest BCUT2D eigenvalue weighted by atomic mass is 9.81. The van der Waals surface area contributed by atoms with Gasteiger partial charge in [0.25, 0.3) is 0 Å². The fourth-order valence-electron chi connectivity index (χ4n) is 20.9. The average Bonchev–Trinajstić information content (AvgIpc) is 1.81. The van der Waals surface area contributed by atoms with Crippen LogP contribution in [0, 0.1) is 130 Å². The molecule has 11 aliphatic rings. The number of hydrogen-bond acceptors (Lipinski definition) is 8. The maximum absolute atomic E-state index is 5.69. The summed E-state index contributed by atoms with van der Waals surface area (Å²) in [6.07, 6.45) is 29.0. The molecule has 8 heteroatoms. The van der Waals surface area contributed by atoms with Gasteiger partial charge in [0.1, 0.15) is 0 Å². The third kappa shape index (κ3) is 46.0. The topological polar surface area (TPSA) is 82.2 Å². The van der Waals surface area contributed by atoms with Gasteiger partial charge >= 0.3 is 0 Å². The van der Waals surface area contributed by atoms with Crippen molar-refractivity contribution in [1.29, 1.82) is 0 Å². The fraction of sp³-hybridized carbons (Fsp3) is 0.820. The molecule has 0 unspecified atom stereocenters. The molecule has 0 bridgehead atoms. The van der Waals surface area contributed by atoms with Crippen LogP contribution in [0.5, 0.6) is 0 Å². The third-order valence-electron chi connectivity index (χ3n) is 28.3. The van der Waals surface area contributed by atoms with Crippen molar-refractivity contribution in [2.45, 2.75) is 453 Å². The molecule has 0 amide bonds. The molecule has 11 rings (SSSR count). The summed E-state index contributed by atoms with van der Waals surface area (Å²) >= 11 is 0. The predicted molar refractivity (Wildman–Crippen MR) is 580 cm³/mol. The lowest BCUT2D eigenvalue weighted by molar-refractivity contribution is 0.136. The van der Waals surface area contributed by atoms with Gasteiger partial charge < -0.3 is 39.6 Å². The van der Waals surface area contributed by atoms with Crippen LogP contribution in [0.1, 0.15) is 453 Å². The molecule has 0 spiro atoms. The zero-order valence-corrected chi connectivity index (χ0v) is 94.6. The Morgan fingerprint density at radius 1 is 0.154 bits per heavy atom. The van der Waals surface area contributed by atoms with Gasteiger partial charge in [0.15, 0.2) is 0 Å². The minimum Gasteiger partial charge on any atom is -0.498 e. The molecule has 0 saturated heterocycles.